The largest absolute Gasteiger partial charge is 0.451 e. The van der Waals surface area contributed by atoms with Gasteiger partial charge < -0.3 is 15.0 Å². The van der Waals surface area contributed by atoms with E-state index >= 15 is 0 Å². The van der Waals surface area contributed by atoms with Gasteiger partial charge in [-0.3, -0.25) is 19.3 Å². The second-order valence-electron chi connectivity index (χ2n) is 8.85. The Morgan fingerprint density at radius 3 is 2.71 bits per heavy atom. The third-order valence-electron chi connectivity index (χ3n) is 6.89. The normalized spacial score (nSPS) is 26.5. The summed E-state index contributed by atoms with van der Waals surface area (Å²) >= 11 is 0. The Labute approximate surface area is 181 Å². The van der Waals surface area contributed by atoms with Gasteiger partial charge >= 0.3 is 12.0 Å². The van der Waals surface area contributed by atoms with Crippen LogP contribution in [0.2, 0.25) is 0 Å². The average Bonchev–Trinajstić information content (AvgIpc) is 2.99. The number of hydrogen-bond donors (Lipinski definition) is 1. The fourth-order valence-electron chi connectivity index (χ4n) is 4.99. The van der Waals surface area contributed by atoms with Crippen LogP contribution in [0.15, 0.2) is 24.3 Å². The number of imide groups is 1. The summed E-state index contributed by atoms with van der Waals surface area (Å²) in [4.78, 5) is 53.3. The molecule has 166 valence electrons. The van der Waals surface area contributed by atoms with Crippen LogP contribution in [0.5, 0.6) is 0 Å². The molecule has 1 spiro atoms. The number of rotatable bonds is 4. The van der Waals surface area contributed by atoms with Crippen LogP contribution >= 0.6 is 0 Å². The molecule has 1 saturated carbocycles. The van der Waals surface area contributed by atoms with E-state index in [4.69, 9.17) is 4.74 Å². The summed E-state index contributed by atoms with van der Waals surface area (Å²) in [6, 6.07) is 7.40. The van der Waals surface area contributed by atoms with Crippen LogP contribution in [-0.4, -0.2) is 58.3 Å². The SMILES string of the molecule is C[C@H](OC(=O)CN1C(=O)N[C@]2(CCCC[C@@H]2C)C1=O)C(=O)N1CCc2ccccc2C1. The molecule has 1 N–H and O–H groups in total. The predicted molar refractivity (Wildman–Crippen MR) is 112 cm³/mol. The van der Waals surface area contributed by atoms with Gasteiger partial charge in [-0.1, -0.05) is 44.0 Å². The minimum Gasteiger partial charge on any atom is -0.451 e. The summed E-state index contributed by atoms with van der Waals surface area (Å²) in [5.41, 5.74) is 1.39. The maximum absolute atomic E-state index is 13.0. The monoisotopic (exact) mass is 427 g/mol. The molecule has 0 unspecified atom stereocenters. The van der Waals surface area contributed by atoms with E-state index in [2.05, 4.69) is 11.4 Å². The number of fused-ring (bicyclic) bond motifs is 1. The average molecular weight is 428 g/mol. The lowest BCUT2D eigenvalue weighted by molar-refractivity contribution is -0.161. The first-order valence-corrected chi connectivity index (χ1v) is 11.0. The van der Waals surface area contributed by atoms with E-state index in [-0.39, 0.29) is 17.7 Å². The number of nitrogens with one attached hydrogen (secondary N) is 1. The highest BCUT2D eigenvalue weighted by atomic mass is 16.5. The van der Waals surface area contributed by atoms with Crippen molar-refractivity contribution >= 4 is 23.8 Å². The van der Waals surface area contributed by atoms with Crippen molar-refractivity contribution in [2.45, 2.75) is 64.1 Å². The van der Waals surface area contributed by atoms with Gasteiger partial charge in [-0.15, -0.1) is 0 Å². The summed E-state index contributed by atoms with van der Waals surface area (Å²) < 4.78 is 5.31. The molecule has 4 amide bonds. The Bertz CT molecular complexity index is 916. The smallest absolute Gasteiger partial charge is 0.327 e. The highest BCUT2D eigenvalue weighted by Crippen LogP contribution is 2.38. The molecular weight excluding hydrogens is 398 g/mol. The molecule has 1 aliphatic carbocycles. The van der Waals surface area contributed by atoms with Crippen molar-refractivity contribution < 1.29 is 23.9 Å². The first kappa shape index (κ1) is 21.3. The number of nitrogens with zero attached hydrogens (tertiary/aromatic N) is 2. The third-order valence-corrected chi connectivity index (χ3v) is 6.89. The second-order valence-corrected chi connectivity index (χ2v) is 8.85. The van der Waals surface area contributed by atoms with Crippen LogP contribution in [0, 0.1) is 5.92 Å². The predicted octanol–water partition coefficient (Wildman–Crippen LogP) is 2.00. The number of ether oxygens (including phenoxy) is 1. The molecule has 2 fully saturated rings. The molecule has 2 heterocycles. The molecule has 31 heavy (non-hydrogen) atoms. The first-order chi connectivity index (χ1) is 14.8. The Kier molecular flexibility index (Phi) is 5.73. The lowest BCUT2D eigenvalue weighted by atomic mass is 9.73. The molecule has 8 nitrogen and oxygen atoms in total. The van der Waals surface area contributed by atoms with E-state index in [1.54, 1.807) is 4.90 Å². The van der Waals surface area contributed by atoms with E-state index in [0.29, 0.717) is 19.5 Å². The lowest BCUT2D eigenvalue weighted by Gasteiger charge is -2.36. The number of benzene rings is 1. The molecule has 1 aromatic carbocycles. The van der Waals surface area contributed by atoms with Gasteiger partial charge in [0.1, 0.15) is 12.1 Å². The van der Waals surface area contributed by atoms with Gasteiger partial charge in [-0.25, -0.2) is 4.79 Å². The van der Waals surface area contributed by atoms with Gasteiger partial charge in [0.05, 0.1) is 0 Å². The first-order valence-electron chi connectivity index (χ1n) is 11.0. The second kappa shape index (κ2) is 8.32. The van der Waals surface area contributed by atoms with Gasteiger partial charge in [0.15, 0.2) is 6.10 Å². The highest BCUT2D eigenvalue weighted by Gasteiger charge is 2.55. The van der Waals surface area contributed by atoms with E-state index in [9.17, 15) is 19.2 Å². The minimum atomic E-state index is -0.985. The van der Waals surface area contributed by atoms with Crippen LogP contribution in [0.4, 0.5) is 4.79 Å². The lowest BCUT2D eigenvalue weighted by Crippen LogP contribution is -2.54. The van der Waals surface area contributed by atoms with E-state index in [1.807, 2.05) is 25.1 Å². The van der Waals surface area contributed by atoms with E-state index in [1.165, 1.54) is 12.5 Å². The van der Waals surface area contributed by atoms with Gasteiger partial charge in [0.25, 0.3) is 11.8 Å². The summed E-state index contributed by atoms with van der Waals surface area (Å²) in [5, 5.41) is 2.82. The molecule has 3 aliphatic rings. The van der Waals surface area contributed by atoms with E-state index in [0.717, 1.165) is 36.1 Å². The number of amides is 4. The molecule has 3 atom stereocenters. The van der Waals surface area contributed by atoms with Crippen molar-refractivity contribution in [3.63, 3.8) is 0 Å². The van der Waals surface area contributed by atoms with Gasteiger partial charge in [0.2, 0.25) is 0 Å². The van der Waals surface area contributed by atoms with Crippen LogP contribution in [0.1, 0.15) is 50.7 Å². The maximum atomic E-state index is 13.0. The Morgan fingerprint density at radius 2 is 1.97 bits per heavy atom. The molecule has 8 heteroatoms. The molecule has 1 saturated heterocycles. The summed E-state index contributed by atoms with van der Waals surface area (Å²) in [6.07, 6.45) is 3.09. The van der Waals surface area contributed by atoms with Crippen molar-refractivity contribution in [3.05, 3.63) is 35.4 Å². The minimum absolute atomic E-state index is 0.0150. The molecule has 0 bridgehead atoms. The van der Waals surface area contributed by atoms with Crippen molar-refractivity contribution in [1.82, 2.24) is 15.1 Å². The van der Waals surface area contributed by atoms with Gasteiger partial charge in [0, 0.05) is 13.1 Å². The van der Waals surface area contributed by atoms with Crippen LogP contribution in [0.3, 0.4) is 0 Å². The zero-order valence-electron chi connectivity index (χ0n) is 18.1. The van der Waals surface area contributed by atoms with Gasteiger partial charge in [-0.2, -0.15) is 0 Å². The Balaban J connectivity index is 1.35. The van der Waals surface area contributed by atoms with Crippen LogP contribution in [-0.2, 0) is 32.1 Å². The molecular formula is C23H29N3O5. The Hall–Kier alpha value is -2.90. The number of hydrogen-bond acceptors (Lipinski definition) is 5. The van der Waals surface area contributed by atoms with Crippen molar-refractivity contribution in [1.29, 1.82) is 0 Å². The molecule has 4 rings (SSSR count). The number of urea groups is 1. The third kappa shape index (κ3) is 3.91. The van der Waals surface area contributed by atoms with Crippen molar-refractivity contribution in [2.24, 2.45) is 5.92 Å². The van der Waals surface area contributed by atoms with Crippen LogP contribution < -0.4 is 5.32 Å². The zero-order chi connectivity index (χ0) is 22.2. The van der Waals surface area contributed by atoms with Crippen LogP contribution in [0.25, 0.3) is 0 Å². The van der Waals surface area contributed by atoms with Crippen molar-refractivity contribution in [2.75, 3.05) is 13.1 Å². The quantitative estimate of drug-likeness (QED) is 0.586. The summed E-state index contributed by atoms with van der Waals surface area (Å²) in [7, 11) is 0. The Morgan fingerprint density at radius 1 is 1.23 bits per heavy atom. The zero-order valence-corrected chi connectivity index (χ0v) is 18.1. The number of carbonyl (C=O) groups excluding carboxylic acids is 4. The van der Waals surface area contributed by atoms with E-state index < -0.39 is 30.2 Å². The number of carbonyl (C=O) groups is 4. The molecule has 1 aromatic rings. The molecule has 0 radical (unpaired) electrons. The fraction of sp³-hybridized carbons (Fsp3) is 0.565. The summed E-state index contributed by atoms with van der Waals surface area (Å²) in [6.45, 7) is 4.03. The highest BCUT2D eigenvalue weighted by molar-refractivity contribution is 6.09. The van der Waals surface area contributed by atoms with Gasteiger partial charge in [-0.05, 0) is 43.2 Å². The molecule has 2 aliphatic heterocycles. The van der Waals surface area contributed by atoms with Crippen molar-refractivity contribution in [3.8, 4) is 0 Å². The fourth-order valence-corrected chi connectivity index (χ4v) is 4.99. The topological polar surface area (TPSA) is 96.0 Å². The summed E-state index contributed by atoms with van der Waals surface area (Å²) in [5.74, 6) is -1.39. The maximum Gasteiger partial charge on any atom is 0.327 e. The standard InChI is InChI=1S/C23H29N3O5/c1-15-7-5-6-11-23(15)21(29)26(22(30)24-23)14-19(27)31-16(2)20(28)25-12-10-17-8-3-4-9-18(17)13-25/h3-4,8-9,15-16H,5-7,10-14H2,1-2H3,(H,24,30)/t15-,16-,23-/m0/s1. The number of esters is 1. The molecule has 0 aromatic heterocycles.